The number of carbonyl (C=O) groups is 1. The number of ether oxygens (including phenoxy) is 2. The quantitative estimate of drug-likeness (QED) is 0.584. The zero-order chi connectivity index (χ0) is 15.7. The second-order valence-electron chi connectivity index (χ2n) is 4.64. The summed E-state index contributed by atoms with van der Waals surface area (Å²) in [6.07, 6.45) is -3.01. The molecule has 0 amide bonds. The fraction of sp³-hybridized carbons (Fsp3) is 0.583. The normalized spacial score (nSPS) is 28.6. The first-order valence-electron chi connectivity index (χ1n) is 6.32. The molecule has 0 saturated carbocycles. The van der Waals surface area contributed by atoms with E-state index >= 15 is 0 Å². The van der Waals surface area contributed by atoms with E-state index in [-0.39, 0.29) is 3.57 Å². The van der Waals surface area contributed by atoms with Crippen molar-refractivity contribution in [3.05, 3.63) is 30.6 Å². The van der Waals surface area contributed by atoms with Gasteiger partial charge in [0.25, 0.3) is 5.56 Å². The first-order chi connectivity index (χ1) is 9.85. The molecular formula is C12H14FIN2O5. The molecule has 1 N–H and O–H groups in total. The van der Waals surface area contributed by atoms with Crippen LogP contribution in [0.25, 0.3) is 0 Å². The van der Waals surface area contributed by atoms with Gasteiger partial charge in [0.15, 0.2) is 18.5 Å². The number of halogens is 2. The number of rotatable bonds is 3. The van der Waals surface area contributed by atoms with Crippen LogP contribution in [-0.4, -0.2) is 33.9 Å². The molecule has 4 atom stereocenters. The largest absolute Gasteiger partial charge is 0.456 e. The lowest BCUT2D eigenvalue weighted by molar-refractivity contribution is -0.151. The minimum absolute atomic E-state index is 0.229. The standard InChI is InChI=1S/C12H14FIN2O5/c1-3-7-9(20-5(2)17)8(13)11(21-7)16-4-6(14)10(18)15-12(16)19/h4,7-9,11H,3H2,1-2H3,(H,15,18,19)/t7-,8+,9?,11-/m1/s1. The summed E-state index contributed by atoms with van der Waals surface area (Å²) >= 11 is 1.73. The van der Waals surface area contributed by atoms with Gasteiger partial charge in [0.05, 0.1) is 3.57 Å². The molecule has 7 nitrogen and oxygen atoms in total. The third-order valence-electron chi connectivity index (χ3n) is 3.17. The molecule has 1 aliphatic rings. The molecule has 1 saturated heterocycles. The van der Waals surface area contributed by atoms with E-state index in [1.165, 1.54) is 13.1 Å². The molecule has 0 radical (unpaired) electrons. The summed E-state index contributed by atoms with van der Waals surface area (Å²) in [4.78, 5) is 36.3. The molecule has 1 fully saturated rings. The van der Waals surface area contributed by atoms with Gasteiger partial charge in [-0.2, -0.15) is 0 Å². The van der Waals surface area contributed by atoms with Crippen LogP contribution in [0.5, 0.6) is 0 Å². The highest BCUT2D eigenvalue weighted by Crippen LogP contribution is 2.34. The zero-order valence-electron chi connectivity index (χ0n) is 11.3. The van der Waals surface area contributed by atoms with Crippen molar-refractivity contribution in [2.45, 2.75) is 44.9 Å². The summed E-state index contributed by atoms with van der Waals surface area (Å²) in [5, 5.41) is 0. The van der Waals surface area contributed by atoms with Crippen LogP contribution in [0.15, 0.2) is 15.8 Å². The molecule has 21 heavy (non-hydrogen) atoms. The van der Waals surface area contributed by atoms with E-state index < -0.39 is 41.8 Å². The van der Waals surface area contributed by atoms with Crippen molar-refractivity contribution in [1.29, 1.82) is 0 Å². The average Bonchev–Trinajstić information content (AvgIpc) is 2.71. The number of carbonyl (C=O) groups excluding carboxylic acids is 1. The van der Waals surface area contributed by atoms with Gasteiger partial charge in [0, 0.05) is 13.1 Å². The van der Waals surface area contributed by atoms with E-state index in [1.54, 1.807) is 29.5 Å². The monoisotopic (exact) mass is 412 g/mol. The molecule has 1 aliphatic heterocycles. The van der Waals surface area contributed by atoms with Crippen LogP contribution in [-0.2, 0) is 14.3 Å². The van der Waals surface area contributed by atoms with Crippen molar-refractivity contribution >= 4 is 28.6 Å². The zero-order valence-corrected chi connectivity index (χ0v) is 13.5. The Morgan fingerprint density at radius 1 is 1.57 bits per heavy atom. The Hall–Kier alpha value is -1.23. The topological polar surface area (TPSA) is 90.4 Å². The molecule has 0 spiro atoms. The first kappa shape index (κ1) is 16.1. The van der Waals surface area contributed by atoms with Crippen LogP contribution in [0.2, 0.25) is 0 Å². The highest BCUT2D eigenvalue weighted by Gasteiger charge is 2.47. The van der Waals surface area contributed by atoms with Gasteiger partial charge < -0.3 is 9.47 Å². The molecular weight excluding hydrogens is 398 g/mol. The minimum atomic E-state index is -1.70. The first-order valence-corrected chi connectivity index (χ1v) is 7.40. The second-order valence-corrected chi connectivity index (χ2v) is 5.80. The predicted octanol–water partition coefficient (Wildman–Crippen LogP) is 0.718. The highest BCUT2D eigenvalue weighted by molar-refractivity contribution is 14.1. The Kier molecular flexibility index (Phi) is 4.81. The number of nitrogens with one attached hydrogen (secondary N) is 1. The van der Waals surface area contributed by atoms with Crippen LogP contribution in [0.4, 0.5) is 4.39 Å². The predicted molar refractivity (Wildman–Crippen MR) is 78.7 cm³/mol. The number of aromatic amines is 1. The molecule has 2 rings (SSSR count). The number of hydrogen-bond acceptors (Lipinski definition) is 5. The maximum Gasteiger partial charge on any atom is 0.330 e. The lowest BCUT2D eigenvalue weighted by Crippen LogP contribution is -2.38. The summed E-state index contributed by atoms with van der Waals surface area (Å²) < 4.78 is 26.1. The summed E-state index contributed by atoms with van der Waals surface area (Å²) in [5.74, 6) is -0.617. The van der Waals surface area contributed by atoms with E-state index in [2.05, 4.69) is 4.98 Å². The van der Waals surface area contributed by atoms with Gasteiger partial charge in [-0.25, -0.2) is 9.18 Å². The Labute approximate surface area is 132 Å². The minimum Gasteiger partial charge on any atom is -0.456 e. The number of esters is 1. The van der Waals surface area contributed by atoms with Gasteiger partial charge in [-0.3, -0.25) is 19.1 Å². The number of aromatic nitrogens is 2. The fourth-order valence-electron chi connectivity index (χ4n) is 2.23. The summed E-state index contributed by atoms with van der Waals surface area (Å²) in [5.41, 5.74) is -1.32. The van der Waals surface area contributed by atoms with Gasteiger partial charge >= 0.3 is 11.7 Å². The van der Waals surface area contributed by atoms with Crippen molar-refractivity contribution in [3.8, 4) is 0 Å². The molecule has 116 valence electrons. The number of H-pyrrole nitrogens is 1. The van der Waals surface area contributed by atoms with Crippen molar-refractivity contribution in [2.75, 3.05) is 0 Å². The highest BCUT2D eigenvalue weighted by atomic mass is 127. The van der Waals surface area contributed by atoms with Crippen LogP contribution >= 0.6 is 22.6 Å². The maximum absolute atomic E-state index is 14.5. The number of nitrogens with zero attached hydrogens (tertiary/aromatic N) is 1. The number of alkyl halides is 1. The van der Waals surface area contributed by atoms with E-state index in [4.69, 9.17) is 9.47 Å². The summed E-state index contributed by atoms with van der Waals surface area (Å²) in [6, 6.07) is 0. The fourth-order valence-corrected chi connectivity index (χ4v) is 2.66. The molecule has 9 heteroatoms. The van der Waals surface area contributed by atoms with Crippen molar-refractivity contribution < 1.29 is 18.7 Å². The van der Waals surface area contributed by atoms with E-state index in [9.17, 15) is 18.8 Å². The Morgan fingerprint density at radius 3 is 2.81 bits per heavy atom. The van der Waals surface area contributed by atoms with Crippen molar-refractivity contribution in [1.82, 2.24) is 9.55 Å². The maximum atomic E-state index is 14.5. The van der Waals surface area contributed by atoms with E-state index in [0.29, 0.717) is 6.42 Å². The van der Waals surface area contributed by atoms with Gasteiger partial charge in [0.2, 0.25) is 0 Å². The lowest BCUT2D eigenvalue weighted by Gasteiger charge is -2.17. The van der Waals surface area contributed by atoms with Gasteiger partial charge in [0.1, 0.15) is 6.10 Å². The summed E-state index contributed by atoms with van der Waals surface area (Å²) in [7, 11) is 0. The van der Waals surface area contributed by atoms with Crippen LogP contribution in [0.3, 0.4) is 0 Å². The molecule has 0 aromatic carbocycles. The summed E-state index contributed by atoms with van der Waals surface area (Å²) in [6.45, 7) is 2.94. The van der Waals surface area contributed by atoms with Gasteiger partial charge in [-0.15, -0.1) is 0 Å². The van der Waals surface area contributed by atoms with Crippen molar-refractivity contribution in [2.24, 2.45) is 0 Å². The molecule has 1 aromatic heterocycles. The average molecular weight is 412 g/mol. The third kappa shape index (κ3) is 3.18. The van der Waals surface area contributed by atoms with Crippen LogP contribution in [0.1, 0.15) is 26.5 Å². The van der Waals surface area contributed by atoms with Crippen LogP contribution in [0, 0.1) is 3.57 Å². The van der Waals surface area contributed by atoms with Gasteiger partial charge in [-0.1, -0.05) is 6.92 Å². The van der Waals surface area contributed by atoms with Crippen molar-refractivity contribution in [3.63, 3.8) is 0 Å². The van der Waals surface area contributed by atoms with E-state index in [0.717, 1.165) is 4.57 Å². The Bertz CT molecular complexity index is 658. The molecule has 0 bridgehead atoms. The number of hydrogen-bond donors (Lipinski definition) is 1. The Morgan fingerprint density at radius 2 is 2.24 bits per heavy atom. The Balaban J connectivity index is 2.37. The SMILES string of the molecule is CC[C@H]1O[C@@H](n2cc(I)c(=O)[nH]c2=O)[C@@H](F)C1OC(C)=O. The smallest absolute Gasteiger partial charge is 0.330 e. The second kappa shape index (κ2) is 6.26. The lowest BCUT2D eigenvalue weighted by atomic mass is 10.1. The third-order valence-corrected chi connectivity index (χ3v) is 3.94. The van der Waals surface area contributed by atoms with E-state index in [1.807, 2.05) is 0 Å². The molecule has 0 aliphatic carbocycles. The molecule has 1 aromatic rings. The molecule has 1 unspecified atom stereocenters. The van der Waals surface area contributed by atoms with Crippen LogP contribution < -0.4 is 11.2 Å². The van der Waals surface area contributed by atoms with Gasteiger partial charge in [-0.05, 0) is 29.0 Å². The molecule has 2 heterocycles.